The van der Waals surface area contributed by atoms with Crippen molar-refractivity contribution in [2.24, 2.45) is 10.9 Å². The number of nitrogens with zero attached hydrogens (tertiary/aromatic N) is 2. The molecule has 1 aromatic rings. The molecule has 0 radical (unpaired) electrons. The summed E-state index contributed by atoms with van der Waals surface area (Å²) in [4.78, 5) is 14.6. The summed E-state index contributed by atoms with van der Waals surface area (Å²) in [5, 5.41) is 13.7. The summed E-state index contributed by atoms with van der Waals surface area (Å²) in [7, 11) is 0. The third kappa shape index (κ3) is 2.94. The lowest BCUT2D eigenvalue weighted by Crippen LogP contribution is -2.35. The van der Waals surface area contributed by atoms with Gasteiger partial charge in [0.15, 0.2) is 0 Å². The second-order valence-electron chi connectivity index (χ2n) is 4.17. The molecule has 3 N–H and O–H groups in total. The number of hydrogen-bond donors (Lipinski definition) is 2. The average molecular weight is 288 g/mol. The molecule has 1 saturated carbocycles. The van der Waals surface area contributed by atoms with E-state index >= 15 is 0 Å². The predicted molar refractivity (Wildman–Crippen MR) is 71.4 cm³/mol. The second-order valence-corrected chi connectivity index (χ2v) is 5.49. The van der Waals surface area contributed by atoms with Crippen LogP contribution in [-0.4, -0.2) is 34.4 Å². The molecule has 2 rings (SSSR count). The Morgan fingerprint density at radius 2 is 2.39 bits per heavy atom. The summed E-state index contributed by atoms with van der Waals surface area (Å²) in [5.74, 6) is 0.0639. The van der Waals surface area contributed by atoms with Crippen LogP contribution < -0.4 is 5.73 Å². The maximum atomic E-state index is 12.3. The van der Waals surface area contributed by atoms with Gasteiger partial charge in [0.1, 0.15) is 10.7 Å². The van der Waals surface area contributed by atoms with Crippen molar-refractivity contribution < 1.29 is 10.0 Å². The van der Waals surface area contributed by atoms with Crippen LogP contribution in [0.5, 0.6) is 0 Å². The smallest absolute Gasteiger partial charge is 0.265 e. The molecule has 5 nitrogen and oxygen atoms in total. The fourth-order valence-electron chi connectivity index (χ4n) is 1.70. The summed E-state index contributed by atoms with van der Waals surface area (Å²) in [5.41, 5.74) is 5.43. The maximum Gasteiger partial charge on any atom is 0.265 e. The van der Waals surface area contributed by atoms with Gasteiger partial charge in [-0.05, 0) is 24.3 Å². The predicted octanol–water partition coefficient (Wildman–Crippen LogP) is 2.14. The van der Waals surface area contributed by atoms with E-state index < -0.39 is 0 Å². The van der Waals surface area contributed by atoms with Crippen molar-refractivity contribution in [2.45, 2.75) is 25.3 Å². The third-order valence-corrected chi connectivity index (χ3v) is 4.13. The van der Waals surface area contributed by atoms with Crippen molar-refractivity contribution in [1.29, 1.82) is 0 Å². The van der Waals surface area contributed by atoms with E-state index in [0.29, 0.717) is 22.9 Å². The number of rotatable bonds is 5. The molecule has 0 unspecified atom stereocenters. The highest BCUT2D eigenvalue weighted by Gasteiger charge is 2.34. The lowest BCUT2D eigenvalue weighted by molar-refractivity contribution is 0.0752. The first kappa shape index (κ1) is 13.2. The van der Waals surface area contributed by atoms with Crippen molar-refractivity contribution >= 4 is 34.7 Å². The van der Waals surface area contributed by atoms with Gasteiger partial charge in [-0.3, -0.25) is 4.79 Å². The molecule has 0 saturated heterocycles. The fourth-order valence-corrected chi connectivity index (χ4v) is 2.79. The highest BCUT2D eigenvalue weighted by atomic mass is 35.5. The summed E-state index contributed by atoms with van der Waals surface area (Å²) < 4.78 is 0. The number of halogens is 1. The summed E-state index contributed by atoms with van der Waals surface area (Å²) in [6.07, 6.45) is 2.37. The monoisotopic (exact) mass is 287 g/mol. The quantitative estimate of drug-likeness (QED) is 0.377. The Labute approximate surface area is 114 Å². The molecule has 0 aliphatic heterocycles. The van der Waals surface area contributed by atoms with Crippen molar-refractivity contribution in [2.75, 3.05) is 6.54 Å². The van der Waals surface area contributed by atoms with Crippen LogP contribution in [0.4, 0.5) is 0 Å². The number of hydrogen-bond acceptors (Lipinski definition) is 4. The highest BCUT2D eigenvalue weighted by Crippen LogP contribution is 2.31. The molecule has 1 aromatic heterocycles. The number of amidine groups is 1. The number of thiophene rings is 1. The number of amides is 1. The van der Waals surface area contributed by atoms with Crippen molar-refractivity contribution in [3.05, 3.63) is 21.3 Å². The van der Waals surface area contributed by atoms with Crippen LogP contribution in [0.2, 0.25) is 5.02 Å². The molecule has 0 bridgehead atoms. The molecule has 1 fully saturated rings. The number of oxime groups is 1. The van der Waals surface area contributed by atoms with E-state index in [4.69, 9.17) is 22.5 Å². The number of carbonyl (C=O) groups is 1. The van der Waals surface area contributed by atoms with Gasteiger partial charge in [0.2, 0.25) is 0 Å². The second kappa shape index (κ2) is 5.58. The SMILES string of the molecule is N/C(CCN(C(=O)c1sccc1Cl)C1CC1)=N/O. The Bertz CT molecular complexity index is 471. The normalized spacial score (nSPS) is 15.7. The summed E-state index contributed by atoms with van der Waals surface area (Å²) in [6.45, 7) is 0.452. The van der Waals surface area contributed by atoms with Crippen LogP contribution >= 0.6 is 22.9 Å². The molecule has 18 heavy (non-hydrogen) atoms. The average Bonchev–Trinajstić information content (AvgIpc) is 3.10. The molecule has 98 valence electrons. The Hall–Kier alpha value is -1.27. The lowest BCUT2D eigenvalue weighted by atomic mass is 10.3. The van der Waals surface area contributed by atoms with Gasteiger partial charge in [0, 0.05) is 19.0 Å². The van der Waals surface area contributed by atoms with Gasteiger partial charge in [0.25, 0.3) is 5.91 Å². The minimum Gasteiger partial charge on any atom is -0.409 e. The van der Waals surface area contributed by atoms with Gasteiger partial charge in [-0.15, -0.1) is 11.3 Å². The summed E-state index contributed by atoms with van der Waals surface area (Å²) >= 11 is 7.31. The fraction of sp³-hybridized carbons (Fsp3) is 0.455. The van der Waals surface area contributed by atoms with Crippen LogP contribution in [-0.2, 0) is 0 Å². The molecule has 1 aliphatic carbocycles. The zero-order valence-electron chi connectivity index (χ0n) is 9.67. The minimum absolute atomic E-state index is 0.0664. The van der Waals surface area contributed by atoms with Crippen LogP contribution in [0, 0.1) is 0 Å². The molecule has 0 atom stereocenters. The highest BCUT2D eigenvalue weighted by molar-refractivity contribution is 7.12. The van der Waals surface area contributed by atoms with Crippen LogP contribution in [0.3, 0.4) is 0 Å². The molecule has 1 heterocycles. The van der Waals surface area contributed by atoms with E-state index in [1.807, 2.05) is 0 Å². The molecule has 1 aliphatic rings. The van der Waals surface area contributed by atoms with E-state index in [9.17, 15) is 4.79 Å². The van der Waals surface area contributed by atoms with Gasteiger partial charge >= 0.3 is 0 Å². The first-order chi connectivity index (χ1) is 8.63. The number of nitrogens with two attached hydrogens (primary N) is 1. The van der Waals surface area contributed by atoms with Gasteiger partial charge in [-0.2, -0.15) is 0 Å². The zero-order chi connectivity index (χ0) is 13.1. The Kier molecular flexibility index (Phi) is 4.08. The Morgan fingerprint density at radius 1 is 1.67 bits per heavy atom. The minimum atomic E-state index is -0.0664. The van der Waals surface area contributed by atoms with E-state index in [2.05, 4.69) is 5.16 Å². The van der Waals surface area contributed by atoms with Gasteiger partial charge in [-0.1, -0.05) is 16.8 Å². The summed E-state index contributed by atoms with van der Waals surface area (Å²) in [6, 6.07) is 1.98. The lowest BCUT2D eigenvalue weighted by Gasteiger charge is -2.21. The maximum absolute atomic E-state index is 12.3. The van der Waals surface area contributed by atoms with E-state index in [1.54, 1.807) is 16.3 Å². The standard InChI is InChI=1S/C11H14ClN3O2S/c12-8-4-6-18-10(8)11(16)15(7-1-2-7)5-3-9(13)14-17/h4,6-7,17H,1-3,5H2,(H2,13,14). The van der Waals surface area contributed by atoms with Crippen LogP contribution in [0.15, 0.2) is 16.6 Å². The molecule has 0 spiro atoms. The number of carbonyl (C=O) groups excluding carboxylic acids is 1. The molecule has 1 amide bonds. The zero-order valence-corrected chi connectivity index (χ0v) is 11.2. The topological polar surface area (TPSA) is 78.9 Å². The van der Waals surface area contributed by atoms with Gasteiger partial charge in [0.05, 0.1) is 5.02 Å². The largest absolute Gasteiger partial charge is 0.409 e. The first-order valence-corrected chi connectivity index (χ1v) is 6.89. The van der Waals surface area contributed by atoms with Crippen molar-refractivity contribution in [3.63, 3.8) is 0 Å². The Morgan fingerprint density at radius 3 is 2.89 bits per heavy atom. The molecular formula is C11H14ClN3O2S. The van der Waals surface area contributed by atoms with Gasteiger partial charge < -0.3 is 15.8 Å². The first-order valence-electron chi connectivity index (χ1n) is 5.64. The molecule has 0 aromatic carbocycles. The van der Waals surface area contributed by atoms with Crippen molar-refractivity contribution in [1.82, 2.24) is 4.90 Å². The molecular weight excluding hydrogens is 274 g/mol. The van der Waals surface area contributed by atoms with E-state index in [0.717, 1.165) is 12.8 Å². The van der Waals surface area contributed by atoms with E-state index in [1.165, 1.54) is 11.3 Å². The van der Waals surface area contributed by atoms with Gasteiger partial charge in [-0.25, -0.2) is 0 Å². The van der Waals surface area contributed by atoms with Crippen LogP contribution in [0.25, 0.3) is 0 Å². The Balaban J connectivity index is 2.06. The third-order valence-electron chi connectivity index (χ3n) is 2.80. The van der Waals surface area contributed by atoms with Crippen molar-refractivity contribution in [3.8, 4) is 0 Å². The van der Waals surface area contributed by atoms with E-state index in [-0.39, 0.29) is 17.8 Å². The van der Waals surface area contributed by atoms with Crippen LogP contribution in [0.1, 0.15) is 28.9 Å². The molecule has 7 heteroatoms.